The maximum absolute atomic E-state index is 12.4. The first kappa shape index (κ1) is 21.1. The smallest absolute Gasteiger partial charge is 0.338 e. The van der Waals surface area contributed by atoms with E-state index in [4.69, 9.17) is 9.47 Å². The lowest BCUT2D eigenvalue weighted by Gasteiger charge is -2.14. The topological polar surface area (TPSA) is 64.6 Å². The molecular weight excluding hydrogens is 378 g/mol. The van der Waals surface area contributed by atoms with Crippen LogP contribution in [0.25, 0.3) is 0 Å². The van der Waals surface area contributed by atoms with Gasteiger partial charge in [-0.15, -0.1) is 0 Å². The van der Waals surface area contributed by atoms with Crippen LogP contribution in [-0.4, -0.2) is 18.0 Å². The molecule has 0 aliphatic heterocycles. The van der Waals surface area contributed by atoms with E-state index in [0.29, 0.717) is 23.6 Å². The minimum atomic E-state index is -0.919. The number of aryl methyl sites for hydroxylation is 1. The minimum Gasteiger partial charge on any atom is -0.489 e. The summed E-state index contributed by atoms with van der Waals surface area (Å²) in [6, 6.07) is 24.1. The van der Waals surface area contributed by atoms with Gasteiger partial charge in [0.15, 0.2) is 6.10 Å². The molecule has 0 spiro atoms. The summed E-state index contributed by atoms with van der Waals surface area (Å²) >= 11 is 0. The number of hydrogen-bond acceptors (Lipinski definition) is 4. The fourth-order valence-electron chi connectivity index (χ4n) is 2.78. The highest BCUT2D eigenvalue weighted by Gasteiger charge is 2.19. The molecule has 0 bridgehead atoms. The Morgan fingerprint density at radius 2 is 1.53 bits per heavy atom. The molecule has 0 aliphatic carbocycles. The highest BCUT2D eigenvalue weighted by molar-refractivity contribution is 5.97. The van der Waals surface area contributed by atoms with Gasteiger partial charge in [0.05, 0.1) is 5.56 Å². The molecule has 0 heterocycles. The van der Waals surface area contributed by atoms with E-state index in [9.17, 15) is 9.59 Å². The summed E-state index contributed by atoms with van der Waals surface area (Å²) in [5, 5.41) is 2.75. The third-order valence-electron chi connectivity index (χ3n) is 4.62. The van der Waals surface area contributed by atoms with Crippen molar-refractivity contribution >= 4 is 17.6 Å². The Morgan fingerprint density at radius 1 is 0.867 bits per heavy atom. The lowest BCUT2D eigenvalue weighted by molar-refractivity contribution is -0.123. The molecule has 1 N–H and O–H groups in total. The van der Waals surface area contributed by atoms with Crippen molar-refractivity contribution in [2.45, 2.75) is 33.0 Å². The van der Waals surface area contributed by atoms with E-state index in [0.717, 1.165) is 17.5 Å². The van der Waals surface area contributed by atoms with E-state index in [2.05, 4.69) is 5.32 Å². The lowest BCUT2D eigenvalue weighted by Crippen LogP contribution is -2.30. The minimum absolute atomic E-state index is 0.397. The molecule has 0 aliphatic rings. The van der Waals surface area contributed by atoms with Gasteiger partial charge in [-0.05, 0) is 60.9 Å². The zero-order valence-electron chi connectivity index (χ0n) is 17.1. The van der Waals surface area contributed by atoms with Gasteiger partial charge in [-0.25, -0.2) is 4.79 Å². The first-order valence-electron chi connectivity index (χ1n) is 9.92. The number of rotatable bonds is 8. The molecule has 0 aromatic heterocycles. The Balaban J connectivity index is 1.49. The molecule has 3 aromatic carbocycles. The number of esters is 1. The van der Waals surface area contributed by atoms with Gasteiger partial charge in [0.1, 0.15) is 12.4 Å². The van der Waals surface area contributed by atoms with Gasteiger partial charge >= 0.3 is 5.97 Å². The summed E-state index contributed by atoms with van der Waals surface area (Å²) in [6.07, 6.45) is -0.0260. The summed E-state index contributed by atoms with van der Waals surface area (Å²) in [4.78, 5) is 24.6. The van der Waals surface area contributed by atoms with Crippen molar-refractivity contribution in [2.75, 3.05) is 5.32 Å². The second-order valence-corrected chi connectivity index (χ2v) is 6.89. The molecule has 0 fully saturated rings. The van der Waals surface area contributed by atoms with Crippen LogP contribution in [0.4, 0.5) is 5.69 Å². The summed E-state index contributed by atoms with van der Waals surface area (Å²) in [6.45, 7) is 4.06. The third kappa shape index (κ3) is 5.95. The molecule has 1 atom stereocenters. The highest BCUT2D eigenvalue weighted by Crippen LogP contribution is 2.18. The molecule has 3 rings (SSSR count). The Kier molecular flexibility index (Phi) is 7.22. The van der Waals surface area contributed by atoms with Crippen molar-refractivity contribution in [3.05, 3.63) is 95.6 Å². The molecular formula is C25H25NO4. The van der Waals surface area contributed by atoms with Crippen molar-refractivity contribution in [1.29, 1.82) is 0 Å². The summed E-state index contributed by atoms with van der Waals surface area (Å²) in [5.41, 5.74) is 3.23. The summed E-state index contributed by atoms with van der Waals surface area (Å²) in [7, 11) is 0. The van der Waals surface area contributed by atoms with E-state index in [1.54, 1.807) is 43.3 Å². The van der Waals surface area contributed by atoms with E-state index in [1.807, 2.05) is 49.4 Å². The number of anilines is 1. The van der Waals surface area contributed by atoms with E-state index >= 15 is 0 Å². The summed E-state index contributed by atoms with van der Waals surface area (Å²) < 4.78 is 11.0. The first-order chi connectivity index (χ1) is 14.5. The maximum atomic E-state index is 12.4. The van der Waals surface area contributed by atoms with Gasteiger partial charge in [-0.3, -0.25) is 4.79 Å². The van der Waals surface area contributed by atoms with Gasteiger partial charge in [0, 0.05) is 5.69 Å². The number of ether oxygens (including phenoxy) is 2. The van der Waals surface area contributed by atoms with E-state index < -0.39 is 18.0 Å². The number of nitrogens with one attached hydrogen (secondary N) is 1. The van der Waals surface area contributed by atoms with Crippen molar-refractivity contribution < 1.29 is 19.1 Å². The number of carbonyl (C=O) groups is 2. The Morgan fingerprint density at radius 3 is 2.17 bits per heavy atom. The normalized spacial score (nSPS) is 11.4. The van der Waals surface area contributed by atoms with Crippen LogP contribution >= 0.6 is 0 Å². The van der Waals surface area contributed by atoms with Crippen LogP contribution in [-0.2, 0) is 22.6 Å². The maximum Gasteiger partial charge on any atom is 0.338 e. The largest absolute Gasteiger partial charge is 0.489 e. The molecule has 3 aromatic rings. The fraction of sp³-hybridized carbons (Fsp3) is 0.200. The first-order valence-corrected chi connectivity index (χ1v) is 9.92. The summed E-state index contributed by atoms with van der Waals surface area (Å²) in [5.74, 6) is -0.219. The quantitative estimate of drug-likeness (QED) is 0.537. The van der Waals surface area contributed by atoms with E-state index in [-0.39, 0.29) is 0 Å². The van der Waals surface area contributed by atoms with Crippen LogP contribution < -0.4 is 10.1 Å². The Labute approximate surface area is 176 Å². The highest BCUT2D eigenvalue weighted by atomic mass is 16.5. The van der Waals surface area contributed by atoms with E-state index in [1.165, 1.54) is 0 Å². The number of carbonyl (C=O) groups excluding carboxylic acids is 2. The molecule has 0 radical (unpaired) electrons. The lowest BCUT2D eigenvalue weighted by atomic mass is 10.1. The molecule has 5 heteroatoms. The van der Waals surface area contributed by atoms with Crippen molar-refractivity contribution in [2.24, 2.45) is 0 Å². The Bertz CT molecular complexity index is 966. The van der Waals surface area contributed by atoms with Gasteiger partial charge in [0.25, 0.3) is 5.91 Å². The molecule has 0 unspecified atom stereocenters. The van der Waals surface area contributed by atoms with Gasteiger partial charge in [-0.1, -0.05) is 49.4 Å². The number of hydrogen-bond donors (Lipinski definition) is 1. The second kappa shape index (κ2) is 10.3. The molecule has 0 saturated carbocycles. The van der Waals surface area contributed by atoms with Crippen molar-refractivity contribution in [3.63, 3.8) is 0 Å². The number of amides is 1. The molecule has 154 valence electrons. The van der Waals surface area contributed by atoms with Crippen LogP contribution in [0, 0.1) is 0 Å². The predicted molar refractivity (Wildman–Crippen MR) is 117 cm³/mol. The van der Waals surface area contributed by atoms with Crippen LogP contribution in [0.5, 0.6) is 5.75 Å². The third-order valence-corrected chi connectivity index (χ3v) is 4.62. The zero-order chi connectivity index (χ0) is 21.3. The average Bonchev–Trinajstić information content (AvgIpc) is 2.79. The van der Waals surface area contributed by atoms with Crippen LogP contribution in [0.2, 0.25) is 0 Å². The molecule has 5 nitrogen and oxygen atoms in total. The second-order valence-electron chi connectivity index (χ2n) is 6.89. The molecule has 0 saturated heterocycles. The van der Waals surface area contributed by atoms with Gasteiger partial charge < -0.3 is 14.8 Å². The number of benzene rings is 3. The van der Waals surface area contributed by atoms with Crippen LogP contribution in [0.15, 0.2) is 78.9 Å². The van der Waals surface area contributed by atoms with Crippen LogP contribution in [0.3, 0.4) is 0 Å². The predicted octanol–water partition coefficient (Wildman–Crippen LogP) is 5.01. The average molecular weight is 403 g/mol. The van der Waals surface area contributed by atoms with Gasteiger partial charge in [-0.2, -0.15) is 0 Å². The van der Waals surface area contributed by atoms with Gasteiger partial charge in [0.2, 0.25) is 0 Å². The van der Waals surface area contributed by atoms with Crippen molar-refractivity contribution in [1.82, 2.24) is 0 Å². The standard InChI is InChI=1S/C25H25NO4/c1-3-19-9-11-21(12-10-19)25(28)30-18(2)24(27)26-22-13-15-23(16-14-22)29-17-20-7-5-4-6-8-20/h4-16,18H,3,17H2,1-2H3,(H,26,27)/t18-/m0/s1. The molecule has 30 heavy (non-hydrogen) atoms. The zero-order valence-corrected chi connectivity index (χ0v) is 17.1. The Hall–Kier alpha value is -3.60. The molecule has 1 amide bonds. The van der Waals surface area contributed by atoms with Crippen molar-refractivity contribution in [3.8, 4) is 5.75 Å². The monoisotopic (exact) mass is 403 g/mol. The SMILES string of the molecule is CCc1ccc(C(=O)O[C@@H](C)C(=O)Nc2ccc(OCc3ccccc3)cc2)cc1. The fourth-order valence-corrected chi connectivity index (χ4v) is 2.78. The van der Waals surface area contributed by atoms with Crippen LogP contribution in [0.1, 0.15) is 35.3 Å².